The Kier molecular flexibility index (Phi) is 7.45. The summed E-state index contributed by atoms with van der Waals surface area (Å²) in [5.74, 6) is -0.282. The molecule has 5 nitrogen and oxygen atoms in total. The highest BCUT2D eigenvalue weighted by Crippen LogP contribution is 2.22. The minimum atomic E-state index is -0.252. The first-order valence-corrected chi connectivity index (χ1v) is 8.84. The first-order chi connectivity index (χ1) is 11.7. The third-order valence-corrected chi connectivity index (χ3v) is 4.61. The van der Waals surface area contributed by atoms with Crippen molar-refractivity contribution in [3.05, 3.63) is 58.3 Å². The maximum Gasteiger partial charge on any atom is 0.305 e. The number of esters is 1. The van der Waals surface area contributed by atoms with E-state index in [9.17, 15) is 9.59 Å². The van der Waals surface area contributed by atoms with Gasteiger partial charge in [0.1, 0.15) is 6.04 Å². The van der Waals surface area contributed by atoms with E-state index in [4.69, 9.17) is 0 Å². The number of amides is 1. The third-order valence-electron chi connectivity index (χ3n) is 3.65. The Morgan fingerprint density at radius 1 is 1.21 bits per heavy atom. The summed E-state index contributed by atoms with van der Waals surface area (Å²) in [4.78, 5) is 24.2. The van der Waals surface area contributed by atoms with E-state index < -0.39 is 0 Å². The zero-order valence-electron chi connectivity index (χ0n) is 13.7. The average molecular weight is 347 g/mol. The first kappa shape index (κ1) is 18.2. The lowest BCUT2D eigenvalue weighted by Gasteiger charge is -2.14. The predicted molar refractivity (Wildman–Crippen MR) is 93.7 cm³/mol. The Morgan fingerprint density at radius 3 is 2.67 bits per heavy atom. The summed E-state index contributed by atoms with van der Waals surface area (Å²) in [6.45, 7) is 0.826. The number of carbonyl (C=O) groups excluding carboxylic acids is 2. The number of methoxy groups -OCH3 is 1. The SMILES string of the molecule is COC(=O)CCCNC(=O)C[NH2+][C@H](c1ccccc1)c1cccs1. The normalized spacial score (nSPS) is 11.7. The maximum absolute atomic E-state index is 12.0. The lowest BCUT2D eigenvalue weighted by Crippen LogP contribution is -2.87. The number of hydrogen-bond acceptors (Lipinski definition) is 4. The lowest BCUT2D eigenvalue weighted by molar-refractivity contribution is -0.676. The van der Waals surface area contributed by atoms with Crippen LogP contribution < -0.4 is 10.6 Å². The molecule has 1 atom stereocenters. The highest BCUT2D eigenvalue weighted by Gasteiger charge is 2.19. The molecule has 0 saturated carbocycles. The van der Waals surface area contributed by atoms with Crippen LogP contribution in [0.3, 0.4) is 0 Å². The second-order valence-electron chi connectivity index (χ2n) is 5.37. The molecular weight excluding hydrogens is 324 g/mol. The number of nitrogens with two attached hydrogens (primary N) is 1. The maximum atomic E-state index is 12.0. The zero-order valence-corrected chi connectivity index (χ0v) is 14.6. The number of ether oxygens (including phenoxy) is 1. The molecule has 0 saturated heterocycles. The summed E-state index contributed by atoms with van der Waals surface area (Å²) in [6.07, 6.45) is 0.910. The summed E-state index contributed by atoms with van der Waals surface area (Å²) in [5.41, 5.74) is 1.18. The Hall–Kier alpha value is -2.18. The number of carbonyl (C=O) groups is 2. The van der Waals surface area contributed by atoms with E-state index in [1.807, 2.05) is 35.0 Å². The van der Waals surface area contributed by atoms with Crippen LogP contribution in [0.15, 0.2) is 47.8 Å². The van der Waals surface area contributed by atoms with E-state index in [0.29, 0.717) is 25.9 Å². The molecule has 0 radical (unpaired) electrons. The van der Waals surface area contributed by atoms with Crippen molar-refractivity contribution in [3.8, 4) is 0 Å². The minimum absolute atomic E-state index is 0.0302. The molecule has 3 N–H and O–H groups in total. The minimum Gasteiger partial charge on any atom is -0.469 e. The van der Waals surface area contributed by atoms with Gasteiger partial charge in [0.25, 0.3) is 5.91 Å². The van der Waals surface area contributed by atoms with Crippen LogP contribution in [0.25, 0.3) is 0 Å². The van der Waals surface area contributed by atoms with Crippen molar-refractivity contribution >= 4 is 23.2 Å². The lowest BCUT2D eigenvalue weighted by atomic mass is 10.1. The number of rotatable bonds is 9. The van der Waals surface area contributed by atoms with Crippen LogP contribution in [0.2, 0.25) is 0 Å². The van der Waals surface area contributed by atoms with Crippen LogP contribution in [0.4, 0.5) is 0 Å². The van der Waals surface area contributed by atoms with Crippen molar-refractivity contribution in [2.24, 2.45) is 0 Å². The molecule has 0 bridgehead atoms. The van der Waals surface area contributed by atoms with Gasteiger partial charge < -0.3 is 15.4 Å². The molecule has 0 fully saturated rings. The van der Waals surface area contributed by atoms with Gasteiger partial charge in [-0.3, -0.25) is 9.59 Å². The molecule has 0 aliphatic heterocycles. The molecule has 2 aromatic rings. The molecule has 6 heteroatoms. The molecule has 1 heterocycles. The van der Waals surface area contributed by atoms with Gasteiger partial charge in [-0.2, -0.15) is 0 Å². The molecule has 0 aliphatic carbocycles. The summed E-state index contributed by atoms with van der Waals surface area (Å²) in [7, 11) is 1.37. The topological polar surface area (TPSA) is 72.0 Å². The summed E-state index contributed by atoms with van der Waals surface area (Å²) < 4.78 is 4.57. The van der Waals surface area contributed by atoms with Crippen molar-refractivity contribution in [3.63, 3.8) is 0 Å². The predicted octanol–water partition coefficient (Wildman–Crippen LogP) is 1.47. The fraction of sp³-hybridized carbons (Fsp3) is 0.333. The molecule has 1 aromatic heterocycles. The van der Waals surface area contributed by atoms with Crippen molar-refractivity contribution in [2.75, 3.05) is 20.2 Å². The number of benzene rings is 1. The highest BCUT2D eigenvalue weighted by atomic mass is 32.1. The standard InChI is InChI=1S/C18H22N2O3S/c1-23-17(22)10-5-11-19-16(21)13-20-18(15-9-6-12-24-15)14-7-3-2-4-8-14/h2-4,6-9,12,18,20H,5,10-11,13H2,1H3,(H,19,21)/p+1/t18-/m1/s1. The van der Waals surface area contributed by atoms with E-state index >= 15 is 0 Å². The molecule has 0 aliphatic rings. The second-order valence-corrected chi connectivity index (χ2v) is 6.35. The van der Waals surface area contributed by atoms with E-state index in [1.54, 1.807) is 11.3 Å². The quantitative estimate of drug-likeness (QED) is 0.533. The molecule has 128 valence electrons. The van der Waals surface area contributed by atoms with Crippen molar-refractivity contribution in [2.45, 2.75) is 18.9 Å². The van der Waals surface area contributed by atoms with Crippen LogP contribution in [-0.4, -0.2) is 32.1 Å². The van der Waals surface area contributed by atoms with Gasteiger partial charge in [-0.05, 0) is 17.9 Å². The molecule has 24 heavy (non-hydrogen) atoms. The van der Waals surface area contributed by atoms with Gasteiger partial charge >= 0.3 is 5.97 Å². The molecule has 0 spiro atoms. The number of quaternary nitrogens is 1. The summed E-state index contributed by atoms with van der Waals surface area (Å²) in [6, 6.07) is 14.4. The molecule has 1 aromatic carbocycles. The Bertz CT molecular complexity index is 629. The van der Waals surface area contributed by atoms with E-state index in [2.05, 4.69) is 28.3 Å². The van der Waals surface area contributed by atoms with Crippen LogP contribution in [0.1, 0.15) is 29.3 Å². The number of hydrogen-bond donors (Lipinski definition) is 2. The Balaban J connectivity index is 1.83. The van der Waals surface area contributed by atoms with Crippen LogP contribution in [-0.2, 0) is 14.3 Å². The molecule has 0 unspecified atom stereocenters. The average Bonchev–Trinajstić information content (AvgIpc) is 3.14. The highest BCUT2D eigenvalue weighted by molar-refractivity contribution is 7.10. The Morgan fingerprint density at radius 2 is 2.00 bits per heavy atom. The largest absolute Gasteiger partial charge is 0.469 e. The van der Waals surface area contributed by atoms with Gasteiger partial charge in [-0.1, -0.05) is 36.4 Å². The first-order valence-electron chi connectivity index (χ1n) is 7.96. The number of nitrogens with one attached hydrogen (secondary N) is 1. The van der Waals surface area contributed by atoms with Gasteiger partial charge in [0.15, 0.2) is 6.54 Å². The van der Waals surface area contributed by atoms with Crippen LogP contribution >= 0.6 is 11.3 Å². The van der Waals surface area contributed by atoms with Crippen molar-refractivity contribution in [1.82, 2.24) is 5.32 Å². The smallest absolute Gasteiger partial charge is 0.305 e. The molecule has 1 amide bonds. The van der Waals surface area contributed by atoms with Gasteiger partial charge in [0.05, 0.1) is 12.0 Å². The van der Waals surface area contributed by atoms with Crippen LogP contribution in [0, 0.1) is 0 Å². The van der Waals surface area contributed by atoms with Crippen LogP contribution in [0.5, 0.6) is 0 Å². The van der Waals surface area contributed by atoms with Gasteiger partial charge in [-0.25, -0.2) is 0 Å². The van der Waals surface area contributed by atoms with Crippen molar-refractivity contribution in [1.29, 1.82) is 0 Å². The fourth-order valence-corrected chi connectivity index (χ4v) is 3.26. The second kappa shape index (κ2) is 9.85. The third kappa shape index (κ3) is 5.79. The van der Waals surface area contributed by atoms with E-state index in [1.165, 1.54) is 17.6 Å². The van der Waals surface area contributed by atoms with E-state index in [-0.39, 0.29) is 17.9 Å². The fourth-order valence-electron chi connectivity index (χ4n) is 2.40. The molecular formula is C18H23N2O3S+. The van der Waals surface area contributed by atoms with E-state index in [0.717, 1.165) is 0 Å². The van der Waals surface area contributed by atoms with Gasteiger partial charge in [0.2, 0.25) is 0 Å². The zero-order chi connectivity index (χ0) is 17.2. The monoisotopic (exact) mass is 347 g/mol. The Labute approximate surface area is 146 Å². The van der Waals surface area contributed by atoms with Gasteiger partial charge in [-0.15, -0.1) is 11.3 Å². The number of thiophene rings is 1. The van der Waals surface area contributed by atoms with Crippen molar-refractivity contribution < 1.29 is 19.6 Å². The van der Waals surface area contributed by atoms with Gasteiger partial charge in [0, 0.05) is 18.5 Å². The summed E-state index contributed by atoms with van der Waals surface area (Å²) >= 11 is 1.69. The molecule has 2 rings (SSSR count). The summed E-state index contributed by atoms with van der Waals surface area (Å²) in [5, 5.41) is 6.93.